The van der Waals surface area contributed by atoms with E-state index in [1.807, 2.05) is 0 Å². The minimum atomic E-state index is -4.46. The molecule has 0 aliphatic heterocycles. The first kappa shape index (κ1) is 13.3. The van der Waals surface area contributed by atoms with Gasteiger partial charge in [-0.2, -0.15) is 13.2 Å². The maximum Gasteiger partial charge on any atom is 0.417 e. The monoisotopic (exact) mass is 252 g/mol. The SMILES string of the molecule is NCC[C@@H](N)c1ccc(Cl)c(C(F)(F)F)c1. The number of hydrogen-bond acceptors (Lipinski definition) is 2. The number of rotatable bonds is 3. The van der Waals surface area contributed by atoms with Gasteiger partial charge in [0, 0.05) is 6.04 Å². The van der Waals surface area contributed by atoms with Crippen LogP contribution in [0, 0.1) is 0 Å². The normalized spacial score (nSPS) is 13.9. The molecule has 0 bridgehead atoms. The quantitative estimate of drug-likeness (QED) is 0.869. The first-order chi connectivity index (χ1) is 7.36. The molecule has 1 aromatic rings. The van der Waals surface area contributed by atoms with Gasteiger partial charge in [0.05, 0.1) is 10.6 Å². The van der Waals surface area contributed by atoms with Crippen molar-refractivity contribution in [3.63, 3.8) is 0 Å². The van der Waals surface area contributed by atoms with Gasteiger partial charge in [0.1, 0.15) is 0 Å². The first-order valence-corrected chi connectivity index (χ1v) is 5.06. The van der Waals surface area contributed by atoms with Gasteiger partial charge in [0.2, 0.25) is 0 Å². The highest BCUT2D eigenvalue weighted by atomic mass is 35.5. The van der Waals surface area contributed by atoms with Gasteiger partial charge >= 0.3 is 6.18 Å². The summed E-state index contributed by atoms with van der Waals surface area (Å²) >= 11 is 5.48. The summed E-state index contributed by atoms with van der Waals surface area (Å²) in [7, 11) is 0. The lowest BCUT2D eigenvalue weighted by molar-refractivity contribution is -0.137. The lowest BCUT2D eigenvalue weighted by atomic mass is 10.0. The van der Waals surface area contributed by atoms with Gasteiger partial charge in [-0.15, -0.1) is 0 Å². The molecule has 0 saturated carbocycles. The minimum Gasteiger partial charge on any atom is -0.330 e. The van der Waals surface area contributed by atoms with E-state index in [0.29, 0.717) is 18.5 Å². The van der Waals surface area contributed by atoms with E-state index in [2.05, 4.69) is 0 Å². The fraction of sp³-hybridized carbons (Fsp3) is 0.400. The van der Waals surface area contributed by atoms with E-state index in [1.54, 1.807) is 0 Å². The van der Waals surface area contributed by atoms with Crippen LogP contribution in [0.5, 0.6) is 0 Å². The minimum absolute atomic E-state index is 0.323. The molecule has 1 rings (SSSR count). The van der Waals surface area contributed by atoms with E-state index in [1.165, 1.54) is 12.1 Å². The van der Waals surface area contributed by atoms with Crippen LogP contribution in [-0.4, -0.2) is 6.54 Å². The van der Waals surface area contributed by atoms with Gasteiger partial charge in [-0.1, -0.05) is 17.7 Å². The zero-order chi connectivity index (χ0) is 12.3. The first-order valence-electron chi connectivity index (χ1n) is 4.68. The summed E-state index contributed by atoms with van der Waals surface area (Å²) < 4.78 is 37.6. The standard InChI is InChI=1S/C10H12ClF3N2/c11-8-2-1-6(9(16)3-4-15)5-7(8)10(12,13)14/h1-2,5,9H,3-4,15-16H2/t9-/m1/s1. The van der Waals surface area contributed by atoms with Crippen molar-refractivity contribution in [3.8, 4) is 0 Å². The molecule has 0 aromatic heterocycles. The molecule has 0 unspecified atom stereocenters. The zero-order valence-corrected chi connectivity index (χ0v) is 9.15. The van der Waals surface area contributed by atoms with Gasteiger partial charge in [-0.3, -0.25) is 0 Å². The van der Waals surface area contributed by atoms with Crippen molar-refractivity contribution in [1.29, 1.82) is 0 Å². The summed E-state index contributed by atoms with van der Waals surface area (Å²) in [5.74, 6) is 0. The van der Waals surface area contributed by atoms with E-state index in [0.717, 1.165) is 6.07 Å². The molecular formula is C10H12ClF3N2. The van der Waals surface area contributed by atoms with Crippen LogP contribution in [0.1, 0.15) is 23.6 Å². The molecule has 90 valence electrons. The smallest absolute Gasteiger partial charge is 0.330 e. The zero-order valence-electron chi connectivity index (χ0n) is 8.39. The second kappa shape index (κ2) is 5.03. The number of alkyl halides is 3. The molecule has 0 spiro atoms. The van der Waals surface area contributed by atoms with E-state index in [4.69, 9.17) is 23.1 Å². The van der Waals surface area contributed by atoms with Crippen LogP contribution in [0.2, 0.25) is 5.02 Å². The Morgan fingerprint density at radius 2 is 1.94 bits per heavy atom. The summed E-state index contributed by atoms with van der Waals surface area (Å²) in [6.45, 7) is 0.325. The summed E-state index contributed by atoms with van der Waals surface area (Å²) in [5.41, 5.74) is 10.5. The molecule has 0 aliphatic carbocycles. The molecule has 2 nitrogen and oxygen atoms in total. The third-order valence-corrected chi connectivity index (χ3v) is 2.53. The Morgan fingerprint density at radius 1 is 1.31 bits per heavy atom. The van der Waals surface area contributed by atoms with Crippen molar-refractivity contribution >= 4 is 11.6 Å². The Bertz CT molecular complexity index is 366. The number of nitrogens with two attached hydrogens (primary N) is 2. The predicted octanol–water partition coefficient (Wildman–Crippen LogP) is 2.71. The molecule has 0 radical (unpaired) electrons. The van der Waals surface area contributed by atoms with E-state index in [9.17, 15) is 13.2 Å². The third-order valence-electron chi connectivity index (χ3n) is 2.20. The van der Waals surface area contributed by atoms with Crippen molar-refractivity contribution in [2.45, 2.75) is 18.6 Å². The molecule has 1 aromatic carbocycles. The highest BCUT2D eigenvalue weighted by molar-refractivity contribution is 6.31. The van der Waals surface area contributed by atoms with Gasteiger partial charge in [-0.25, -0.2) is 0 Å². The fourth-order valence-corrected chi connectivity index (χ4v) is 1.56. The van der Waals surface area contributed by atoms with Crippen molar-refractivity contribution < 1.29 is 13.2 Å². The van der Waals surface area contributed by atoms with E-state index >= 15 is 0 Å². The molecule has 0 heterocycles. The molecule has 16 heavy (non-hydrogen) atoms. The number of halogens is 4. The molecule has 4 N–H and O–H groups in total. The Kier molecular flexibility index (Phi) is 4.18. The third kappa shape index (κ3) is 3.10. The molecule has 0 saturated heterocycles. The Balaban J connectivity index is 3.07. The Labute approximate surface area is 96.4 Å². The highest BCUT2D eigenvalue weighted by Gasteiger charge is 2.33. The highest BCUT2D eigenvalue weighted by Crippen LogP contribution is 2.36. The molecule has 0 fully saturated rings. The Morgan fingerprint density at radius 3 is 2.44 bits per heavy atom. The molecule has 0 aliphatic rings. The summed E-state index contributed by atoms with van der Waals surface area (Å²) in [4.78, 5) is 0. The summed E-state index contributed by atoms with van der Waals surface area (Å²) in [6.07, 6.45) is -4.03. The van der Waals surface area contributed by atoms with Crippen molar-refractivity contribution in [3.05, 3.63) is 34.3 Å². The average Bonchev–Trinajstić information content (AvgIpc) is 2.16. The second-order valence-electron chi connectivity index (χ2n) is 3.42. The van der Waals surface area contributed by atoms with Gasteiger partial charge in [0.15, 0.2) is 0 Å². The lowest BCUT2D eigenvalue weighted by Crippen LogP contribution is -2.16. The van der Waals surface area contributed by atoms with Crippen molar-refractivity contribution in [2.24, 2.45) is 11.5 Å². The average molecular weight is 253 g/mol. The van der Waals surface area contributed by atoms with Gasteiger partial charge in [-0.05, 0) is 30.7 Å². The lowest BCUT2D eigenvalue weighted by Gasteiger charge is -2.14. The molecule has 6 heteroatoms. The number of benzene rings is 1. The summed E-state index contributed by atoms with van der Waals surface area (Å²) in [5, 5.41) is -0.323. The van der Waals surface area contributed by atoms with Crippen LogP contribution in [-0.2, 0) is 6.18 Å². The van der Waals surface area contributed by atoms with Gasteiger partial charge in [0.25, 0.3) is 0 Å². The maximum atomic E-state index is 12.5. The van der Waals surface area contributed by atoms with Crippen LogP contribution in [0.15, 0.2) is 18.2 Å². The van der Waals surface area contributed by atoms with Crippen LogP contribution >= 0.6 is 11.6 Å². The fourth-order valence-electron chi connectivity index (χ4n) is 1.34. The van der Waals surface area contributed by atoms with Crippen LogP contribution in [0.3, 0.4) is 0 Å². The van der Waals surface area contributed by atoms with Crippen molar-refractivity contribution in [1.82, 2.24) is 0 Å². The Hall–Kier alpha value is -0.780. The van der Waals surface area contributed by atoms with E-state index < -0.39 is 17.8 Å². The van der Waals surface area contributed by atoms with Crippen LogP contribution in [0.4, 0.5) is 13.2 Å². The topological polar surface area (TPSA) is 52.0 Å². The van der Waals surface area contributed by atoms with Crippen molar-refractivity contribution in [2.75, 3.05) is 6.54 Å². The van der Waals surface area contributed by atoms with Gasteiger partial charge < -0.3 is 11.5 Å². The molecule has 1 atom stereocenters. The van der Waals surface area contributed by atoms with E-state index in [-0.39, 0.29) is 5.02 Å². The number of hydrogen-bond donors (Lipinski definition) is 2. The van der Waals surface area contributed by atoms with Crippen LogP contribution < -0.4 is 11.5 Å². The van der Waals surface area contributed by atoms with Crippen LogP contribution in [0.25, 0.3) is 0 Å². The second-order valence-corrected chi connectivity index (χ2v) is 3.83. The largest absolute Gasteiger partial charge is 0.417 e. The summed E-state index contributed by atoms with van der Waals surface area (Å²) in [6, 6.07) is 3.17. The molecule has 0 amide bonds. The predicted molar refractivity (Wildman–Crippen MR) is 57.1 cm³/mol. The maximum absolute atomic E-state index is 12.5. The molecular weight excluding hydrogens is 241 g/mol.